The first-order valence-corrected chi connectivity index (χ1v) is 12.5. The Kier molecular flexibility index (Phi) is 8.69. The van der Waals surface area contributed by atoms with Crippen LogP contribution in [-0.2, 0) is 28.4 Å². The van der Waals surface area contributed by atoms with Crippen LogP contribution in [0, 0.1) is 0 Å². The summed E-state index contributed by atoms with van der Waals surface area (Å²) in [4.78, 5) is 32.8. The van der Waals surface area contributed by atoms with Gasteiger partial charge in [-0.2, -0.15) is 26.3 Å². The average Bonchev–Trinajstić information content (AvgIpc) is 2.79. The van der Waals surface area contributed by atoms with Gasteiger partial charge in [-0.15, -0.1) is 0 Å². The summed E-state index contributed by atoms with van der Waals surface area (Å²) in [6, 6.07) is 3.13. The second-order valence-corrected chi connectivity index (χ2v) is 10.0. The Morgan fingerprint density at radius 1 is 1.11 bits per heavy atom. The molecule has 1 aliphatic heterocycles. The van der Waals surface area contributed by atoms with Crippen LogP contribution in [0.25, 0.3) is 0 Å². The topological polar surface area (TPSA) is 62.7 Å². The molecule has 13 heteroatoms. The van der Waals surface area contributed by atoms with E-state index in [1.807, 2.05) is 6.92 Å². The Morgan fingerprint density at radius 3 is 2.16 bits per heavy atom. The predicted molar refractivity (Wildman–Crippen MR) is 130 cm³/mol. The maximum absolute atomic E-state index is 13.4. The lowest BCUT2D eigenvalue weighted by Crippen LogP contribution is -2.49. The normalized spacial score (nSPS) is 17.8. The zero-order valence-electron chi connectivity index (χ0n) is 21.0. The van der Waals surface area contributed by atoms with Crippen LogP contribution >= 0.6 is 15.9 Å². The van der Waals surface area contributed by atoms with Crippen molar-refractivity contribution in [1.29, 1.82) is 0 Å². The molecule has 1 aromatic heterocycles. The number of carbonyl (C=O) groups excluding carboxylic acids is 2. The molecule has 0 spiro atoms. The van der Waals surface area contributed by atoms with E-state index in [1.165, 1.54) is 16.7 Å². The molecule has 0 fully saturated rings. The summed E-state index contributed by atoms with van der Waals surface area (Å²) in [6.07, 6.45) is -10.5. The second kappa shape index (κ2) is 11.1. The first-order chi connectivity index (χ1) is 17.5. The van der Waals surface area contributed by atoms with E-state index in [1.54, 1.807) is 26.0 Å². The number of pyridine rings is 1. The summed E-state index contributed by atoms with van der Waals surface area (Å²) in [6.45, 7) is 5.83. The highest BCUT2D eigenvalue weighted by molar-refractivity contribution is 9.10. The van der Waals surface area contributed by atoms with Crippen molar-refractivity contribution in [2.24, 2.45) is 0 Å². The van der Waals surface area contributed by atoms with E-state index in [0.717, 1.165) is 0 Å². The molecule has 2 amide bonds. The summed E-state index contributed by atoms with van der Waals surface area (Å²) in [5.41, 5.74) is -2.67. The molecule has 6 nitrogen and oxygen atoms in total. The Morgan fingerprint density at radius 2 is 1.68 bits per heavy atom. The molecule has 1 aromatic carbocycles. The first kappa shape index (κ1) is 29.7. The van der Waals surface area contributed by atoms with Crippen LogP contribution in [0.5, 0.6) is 0 Å². The van der Waals surface area contributed by atoms with Crippen LogP contribution in [0.1, 0.15) is 69.0 Å². The zero-order chi connectivity index (χ0) is 28.6. The van der Waals surface area contributed by atoms with Gasteiger partial charge in [0, 0.05) is 19.5 Å². The van der Waals surface area contributed by atoms with Crippen LogP contribution < -0.4 is 4.90 Å². The van der Waals surface area contributed by atoms with Gasteiger partial charge < -0.3 is 9.64 Å². The number of halogens is 7. The van der Waals surface area contributed by atoms with Gasteiger partial charge in [0.1, 0.15) is 4.60 Å². The zero-order valence-corrected chi connectivity index (χ0v) is 22.5. The average molecular weight is 610 g/mol. The van der Waals surface area contributed by atoms with Gasteiger partial charge in [0.25, 0.3) is 0 Å². The number of fused-ring (bicyclic) bond motifs is 1. The smallest absolute Gasteiger partial charge is 0.416 e. The minimum absolute atomic E-state index is 0.0432. The van der Waals surface area contributed by atoms with Gasteiger partial charge in [0.05, 0.1) is 34.7 Å². The number of rotatable bonds is 5. The van der Waals surface area contributed by atoms with Crippen molar-refractivity contribution in [1.82, 2.24) is 9.88 Å². The highest BCUT2D eigenvalue weighted by Gasteiger charge is 2.42. The molecular weight excluding hydrogens is 584 g/mol. The maximum atomic E-state index is 13.4. The van der Waals surface area contributed by atoms with Crippen molar-refractivity contribution in [3.63, 3.8) is 0 Å². The molecule has 2 aromatic rings. The van der Waals surface area contributed by atoms with Crippen LogP contribution in [0.3, 0.4) is 0 Å². The van der Waals surface area contributed by atoms with Gasteiger partial charge in [-0.05, 0) is 78.5 Å². The van der Waals surface area contributed by atoms with Gasteiger partial charge >= 0.3 is 18.4 Å². The van der Waals surface area contributed by atoms with Crippen LogP contribution in [0.4, 0.5) is 36.8 Å². The fraction of sp³-hybridized carbons (Fsp3) is 0.480. The molecular formula is C25H26BrF6N3O3. The molecule has 38 heavy (non-hydrogen) atoms. The fourth-order valence-corrected chi connectivity index (χ4v) is 4.76. The third-order valence-electron chi connectivity index (χ3n) is 6.09. The standard InChI is InChI=1S/C25H26BrF6N3O3/c1-5-18-11-20(22-19(6-7-21(26)33-22)35(18)23(37)38-13(2)3)34(14(4)36)12-15-8-16(24(27,28)29)10-17(9-15)25(30,31)32/h6-10,13,18,20H,5,11-12H2,1-4H3/t18-,20+/m1/s1. The third kappa shape index (κ3) is 6.59. The molecule has 0 saturated carbocycles. The number of ether oxygens (including phenoxy) is 1. The van der Waals surface area contributed by atoms with Gasteiger partial charge in [0.15, 0.2) is 0 Å². The molecule has 2 atom stereocenters. The molecule has 0 saturated heterocycles. The summed E-state index contributed by atoms with van der Waals surface area (Å²) < 4.78 is 86.3. The predicted octanol–water partition coefficient (Wildman–Crippen LogP) is 7.51. The second-order valence-electron chi connectivity index (χ2n) is 9.22. The SMILES string of the molecule is CC[C@@H]1C[C@H](N(Cc2cc(C(F)(F)F)cc(C(F)(F)F)c2)C(C)=O)c2nc(Br)ccc2N1C(=O)OC(C)C. The van der Waals surface area contributed by atoms with Crippen molar-refractivity contribution in [3.8, 4) is 0 Å². The van der Waals surface area contributed by atoms with Crippen LogP contribution in [0.15, 0.2) is 34.9 Å². The number of amides is 2. The van der Waals surface area contributed by atoms with Gasteiger partial charge in [0.2, 0.25) is 5.91 Å². The fourth-order valence-electron chi connectivity index (χ4n) is 4.44. The molecule has 208 valence electrons. The molecule has 1 aliphatic rings. The van der Waals surface area contributed by atoms with Crippen LogP contribution in [0.2, 0.25) is 0 Å². The Hall–Kier alpha value is -2.83. The van der Waals surface area contributed by atoms with E-state index in [9.17, 15) is 35.9 Å². The van der Waals surface area contributed by atoms with Gasteiger partial charge in [-0.1, -0.05) is 6.92 Å². The summed E-state index contributed by atoms with van der Waals surface area (Å²) in [5, 5.41) is 0. The minimum Gasteiger partial charge on any atom is -0.446 e. The molecule has 3 rings (SSSR count). The summed E-state index contributed by atoms with van der Waals surface area (Å²) in [5.74, 6) is -0.582. The highest BCUT2D eigenvalue weighted by Crippen LogP contribution is 2.43. The molecule has 0 aliphatic carbocycles. The van der Waals surface area contributed by atoms with Crippen molar-refractivity contribution in [2.75, 3.05) is 4.90 Å². The van der Waals surface area contributed by atoms with Crippen molar-refractivity contribution in [2.45, 2.75) is 77.6 Å². The van der Waals surface area contributed by atoms with E-state index in [-0.39, 0.29) is 23.7 Å². The number of nitrogens with zero attached hydrogens (tertiary/aromatic N) is 3. The van der Waals surface area contributed by atoms with Crippen molar-refractivity contribution >= 4 is 33.6 Å². The largest absolute Gasteiger partial charge is 0.446 e. The lowest BCUT2D eigenvalue weighted by atomic mass is 9.91. The molecule has 0 unspecified atom stereocenters. The number of carbonyl (C=O) groups is 2. The number of hydrogen-bond acceptors (Lipinski definition) is 4. The number of alkyl halides is 6. The molecule has 0 N–H and O–H groups in total. The van der Waals surface area contributed by atoms with Crippen LogP contribution in [-0.4, -0.2) is 34.0 Å². The molecule has 0 radical (unpaired) electrons. The summed E-state index contributed by atoms with van der Waals surface area (Å²) in [7, 11) is 0. The van der Waals surface area contributed by atoms with Crippen molar-refractivity contribution in [3.05, 3.63) is 57.3 Å². The number of hydrogen-bond donors (Lipinski definition) is 0. The Labute approximate surface area is 224 Å². The number of anilines is 1. The van der Waals surface area contributed by atoms with E-state index >= 15 is 0 Å². The van der Waals surface area contributed by atoms with Gasteiger partial charge in [-0.25, -0.2) is 9.78 Å². The monoisotopic (exact) mass is 609 g/mol. The number of aromatic nitrogens is 1. The molecule has 0 bridgehead atoms. The summed E-state index contributed by atoms with van der Waals surface area (Å²) >= 11 is 3.26. The Bertz CT molecular complexity index is 1170. The minimum atomic E-state index is -5.02. The van der Waals surface area contributed by atoms with Gasteiger partial charge in [-0.3, -0.25) is 9.69 Å². The number of benzene rings is 1. The molecule has 2 heterocycles. The quantitative estimate of drug-likeness (QED) is 0.260. The van der Waals surface area contributed by atoms with E-state index in [4.69, 9.17) is 4.74 Å². The van der Waals surface area contributed by atoms with Crippen molar-refractivity contribution < 1.29 is 40.7 Å². The first-order valence-electron chi connectivity index (χ1n) is 11.7. The maximum Gasteiger partial charge on any atom is 0.416 e. The van der Waals surface area contributed by atoms with E-state index in [2.05, 4.69) is 20.9 Å². The third-order valence-corrected chi connectivity index (χ3v) is 6.53. The van der Waals surface area contributed by atoms with E-state index in [0.29, 0.717) is 28.8 Å². The Balaban J connectivity index is 2.12. The lowest BCUT2D eigenvalue weighted by molar-refractivity contribution is -0.143. The highest BCUT2D eigenvalue weighted by atomic mass is 79.9. The van der Waals surface area contributed by atoms with E-state index < -0.39 is 60.2 Å². The lowest BCUT2D eigenvalue weighted by Gasteiger charge is -2.43.